The number of piperazine rings is 1. The van der Waals surface area contributed by atoms with Crippen molar-refractivity contribution < 1.29 is 19.2 Å². The second kappa shape index (κ2) is 11.3. The van der Waals surface area contributed by atoms with Gasteiger partial charge in [-0.3, -0.25) is 9.59 Å². The summed E-state index contributed by atoms with van der Waals surface area (Å²) in [6, 6.07) is 9.09. The molecule has 2 heterocycles. The van der Waals surface area contributed by atoms with E-state index < -0.39 is 0 Å². The van der Waals surface area contributed by atoms with E-state index in [9.17, 15) is 9.59 Å². The van der Waals surface area contributed by atoms with E-state index in [1.54, 1.807) is 37.7 Å². The summed E-state index contributed by atoms with van der Waals surface area (Å²) in [6.45, 7) is 6.00. The molecule has 1 aromatic carbocycles. The van der Waals surface area contributed by atoms with E-state index in [1.165, 1.54) is 0 Å². The molecule has 2 aromatic rings. The molecule has 1 aliphatic rings. The summed E-state index contributed by atoms with van der Waals surface area (Å²) >= 11 is 0. The number of hydrogen-bond donors (Lipinski definition) is 2. The Bertz CT molecular complexity index is 855. The summed E-state index contributed by atoms with van der Waals surface area (Å²) in [4.78, 5) is 38.9. The third-order valence-corrected chi connectivity index (χ3v) is 5.26. The highest BCUT2D eigenvalue weighted by Gasteiger charge is 2.26. The van der Waals surface area contributed by atoms with Gasteiger partial charge in [-0.2, -0.15) is 0 Å². The Hall–Kier alpha value is -3.20. The lowest BCUT2D eigenvalue weighted by Crippen LogP contribution is -3.14. The van der Waals surface area contributed by atoms with Gasteiger partial charge < -0.3 is 24.8 Å². The maximum atomic E-state index is 12.9. The van der Waals surface area contributed by atoms with Crippen LogP contribution in [0.15, 0.2) is 42.7 Å². The maximum Gasteiger partial charge on any atom is 0.279 e. The number of carbonyl (C=O) groups is 2. The summed E-state index contributed by atoms with van der Waals surface area (Å²) in [5.74, 6) is 1.25. The molecule has 0 saturated carbocycles. The Morgan fingerprint density at radius 2 is 1.77 bits per heavy atom. The smallest absolute Gasteiger partial charge is 0.279 e. The van der Waals surface area contributed by atoms with Gasteiger partial charge in [-0.05, 0) is 24.6 Å². The van der Waals surface area contributed by atoms with E-state index in [0.29, 0.717) is 50.1 Å². The van der Waals surface area contributed by atoms with Crippen molar-refractivity contribution in [3.63, 3.8) is 0 Å². The Labute approximate surface area is 183 Å². The molecule has 0 spiro atoms. The lowest BCUT2D eigenvalue weighted by atomic mass is 10.2. The van der Waals surface area contributed by atoms with Crippen molar-refractivity contribution >= 4 is 23.5 Å². The molecule has 9 nitrogen and oxygen atoms in total. The van der Waals surface area contributed by atoms with Gasteiger partial charge in [-0.1, -0.05) is 19.1 Å². The van der Waals surface area contributed by atoms with Crippen LogP contribution < -0.4 is 19.9 Å². The highest BCUT2D eigenvalue weighted by molar-refractivity contribution is 5.93. The molecule has 166 valence electrons. The second-order valence-corrected chi connectivity index (χ2v) is 7.52. The number of hydrogen-bond acceptors (Lipinski definition) is 6. The number of nitrogens with zero attached hydrogens (tertiary/aromatic N) is 4. The van der Waals surface area contributed by atoms with Gasteiger partial charge in [0.1, 0.15) is 5.75 Å². The van der Waals surface area contributed by atoms with Crippen molar-refractivity contribution in [1.82, 2.24) is 14.9 Å². The predicted molar refractivity (Wildman–Crippen MR) is 118 cm³/mol. The van der Waals surface area contributed by atoms with Crippen molar-refractivity contribution in [2.24, 2.45) is 0 Å². The van der Waals surface area contributed by atoms with Gasteiger partial charge >= 0.3 is 0 Å². The van der Waals surface area contributed by atoms with Crippen LogP contribution in [0.1, 0.15) is 13.3 Å². The van der Waals surface area contributed by atoms with Crippen molar-refractivity contribution in [3.8, 4) is 5.75 Å². The molecule has 2 N–H and O–H groups in total. The predicted octanol–water partition coefficient (Wildman–Crippen LogP) is 0.0674. The number of quaternary nitrogens is 1. The molecule has 1 atom stereocenters. The van der Waals surface area contributed by atoms with E-state index in [0.717, 1.165) is 17.9 Å². The first-order valence-corrected chi connectivity index (χ1v) is 10.7. The lowest BCUT2D eigenvalue weighted by Gasteiger charge is -2.35. The summed E-state index contributed by atoms with van der Waals surface area (Å²) in [5.41, 5.74) is 0.636. The van der Waals surface area contributed by atoms with Gasteiger partial charge in [0.05, 0.1) is 19.3 Å². The zero-order valence-corrected chi connectivity index (χ0v) is 18.2. The highest BCUT2D eigenvalue weighted by atomic mass is 16.5. The second-order valence-electron chi connectivity index (χ2n) is 7.52. The fourth-order valence-corrected chi connectivity index (χ4v) is 3.70. The van der Waals surface area contributed by atoms with Crippen LogP contribution in [-0.4, -0.2) is 79.6 Å². The minimum atomic E-state index is -0.133. The van der Waals surface area contributed by atoms with E-state index in [2.05, 4.69) is 27.1 Å². The molecule has 1 saturated heterocycles. The minimum absolute atomic E-state index is 0.0715. The lowest BCUT2D eigenvalue weighted by molar-refractivity contribution is -0.884. The van der Waals surface area contributed by atoms with Gasteiger partial charge in [0.15, 0.2) is 13.1 Å². The number of ether oxygens (including phenoxy) is 1. The number of anilines is 2. The first-order chi connectivity index (χ1) is 15.1. The Kier molecular flexibility index (Phi) is 8.17. The van der Waals surface area contributed by atoms with E-state index in [1.807, 2.05) is 17.0 Å². The van der Waals surface area contributed by atoms with Crippen molar-refractivity contribution in [2.45, 2.75) is 13.3 Å². The molecule has 2 amide bonds. The number of rotatable bonds is 9. The van der Waals surface area contributed by atoms with Crippen molar-refractivity contribution in [2.75, 3.05) is 63.1 Å². The molecular weight excluding hydrogens is 396 g/mol. The molecule has 0 aliphatic carbocycles. The van der Waals surface area contributed by atoms with Crippen LogP contribution >= 0.6 is 0 Å². The number of benzene rings is 1. The van der Waals surface area contributed by atoms with Gasteiger partial charge in [0.2, 0.25) is 5.95 Å². The molecule has 9 heteroatoms. The average Bonchev–Trinajstić information content (AvgIpc) is 2.80. The van der Waals surface area contributed by atoms with Gasteiger partial charge in [0, 0.05) is 38.6 Å². The quantitative estimate of drug-likeness (QED) is 0.588. The third-order valence-electron chi connectivity index (χ3n) is 5.26. The number of carbonyl (C=O) groups excluding carboxylic acids is 2. The van der Waals surface area contributed by atoms with Crippen LogP contribution in [0, 0.1) is 0 Å². The van der Waals surface area contributed by atoms with Crippen molar-refractivity contribution in [3.05, 3.63) is 42.7 Å². The largest absolute Gasteiger partial charge is 0.495 e. The molecule has 31 heavy (non-hydrogen) atoms. The molecule has 0 bridgehead atoms. The summed E-state index contributed by atoms with van der Waals surface area (Å²) in [5, 5.41) is 2.90. The van der Waals surface area contributed by atoms with Crippen LogP contribution in [0.3, 0.4) is 0 Å². The summed E-state index contributed by atoms with van der Waals surface area (Å²) < 4.78 is 5.29. The molecule has 0 radical (unpaired) electrons. The van der Waals surface area contributed by atoms with Crippen LogP contribution in [0.25, 0.3) is 0 Å². The highest BCUT2D eigenvalue weighted by Crippen LogP contribution is 2.22. The number of nitrogens with one attached hydrogen (secondary N) is 2. The molecule has 1 aliphatic heterocycles. The first kappa shape index (κ1) is 22.5. The summed E-state index contributed by atoms with van der Waals surface area (Å²) in [7, 11) is 1.57. The van der Waals surface area contributed by atoms with Crippen LogP contribution in [0.5, 0.6) is 5.75 Å². The topological polar surface area (TPSA) is 92.1 Å². The fraction of sp³-hybridized carbons (Fsp3) is 0.455. The van der Waals surface area contributed by atoms with Crippen LogP contribution in [-0.2, 0) is 9.59 Å². The monoisotopic (exact) mass is 427 g/mol. The minimum Gasteiger partial charge on any atom is -0.495 e. The van der Waals surface area contributed by atoms with E-state index in [4.69, 9.17) is 4.74 Å². The third kappa shape index (κ3) is 6.39. The average molecular weight is 428 g/mol. The normalized spacial score (nSPS) is 14.8. The molecular formula is C22H31N6O3+. The summed E-state index contributed by atoms with van der Waals surface area (Å²) in [6.07, 6.45) is 4.34. The Morgan fingerprint density at radius 3 is 2.45 bits per heavy atom. The van der Waals surface area contributed by atoms with Crippen LogP contribution in [0.2, 0.25) is 0 Å². The molecule has 3 rings (SSSR count). The molecule has 1 unspecified atom stereocenters. The van der Waals surface area contributed by atoms with E-state index >= 15 is 0 Å². The van der Waals surface area contributed by atoms with Gasteiger partial charge in [0.25, 0.3) is 11.8 Å². The zero-order chi connectivity index (χ0) is 22.1. The SMILES string of the molecule is CCC[NH+](CC(=O)Nc1ccccc1OC)CC(=O)N1CCN(c2ncccn2)CC1. The zero-order valence-electron chi connectivity index (χ0n) is 18.2. The fourth-order valence-electron chi connectivity index (χ4n) is 3.70. The first-order valence-electron chi connectivity index (χ1n) is 10.7. The number of para-hydroxylation sites is 2. The van der Waals surface area contributed by atoms with Gasteiger partial charge in [-0.25, -0.2) is 9.97 Å². The number of aromatic nitrogens is 2. The van der Waals surface area contributed by atoms with Gasteiger partial charge in [-0.15, -0.1) is 0 Å². The molecule has 1 aromatic heterocycles. The Morgan fingerprint density at radius 1 is 1.06 bits per heavy atom. The molecule has 1 fully saturated rings. The number of methoxy groups -OCH3 is 1. The van der Waals surface area contributed by atoms with Crippen LogP contribution in [0.4, 0.5) is 11.6 Å². The van der Waals surface area contributed by atoms with Crippen molar-refractivity contribution in [1.29, 1.82) is 0 Å². The maximum absolute atomic E-state index is 12.9. The standard InChI is InChI=1S/C22H30N6O3/c1-3-11-26(16-20(29)25-18-7-4-5-8-19(18)31-2)17-21(30)27-12-14-28(15-13-27)22-23-9-6-10-24-22/h4-10H,3,11-17H2,1-2H3,(H,25,29)/p+1. The van der Waals surface area contributed by atoms with E-state index in [-0.39, 0.29) is 18.4 Å². The number of amides is 2. The Balaban J connectivity index is 1.51.